The zero-order valence-electron chi connectivity index (χ0n) is 8.44. The highest BCUT2D eigenvalue weighted by Crippen LogP contribution is 2.70. The Hall–Kier alpha value is -0.0400. The Kier molecular flexibility index (Phi) is 1.11. The summed E-state index contributed by atoms with van der Waals surface area (Å²) < 4.78 is 5.99. The van der Waals surface area contributed by atoms with Crippen molar-refractivity contribution in [1.82, 2.24) is 0 Å². The molecular formula is C12H18O. The van der Waals surface area contributed by atoms with Gasteiger partial charge in [0.05, 0.1) is 12.7 Å². The lowest BCUT2D eigenvalue weighted by Crippen LogP contribution is -2.57. The molecule has 0 N–H and O–H groups in total. The van der Waals surface area contributed by atoms with Gasteiger partial charge in [-0.05, 0) is 47.8 Å². The normalized spacial score (nSPS) is 72.5. The van der Waals surface area contributed by atoms with Crippen molar-refractivity contribution in [2.75, 3.05) is 6.61 Å². The van der Waals surface area contributed by atoms with Crippen LogP contribution in [0.5, 0.6) is 0 Å². The highest BCUT2D eigenvalue weighted by molar-refractivity contribution is 5.16. The molecule has 4 aliphatic rings. The summed E-state index contributed by atoms with van der Waals surface area (Å²) >= 11 is 0. The molecule has 1 heterocycles. The van der Waals surface area contributed by atoms with Gasteiger partial charge in [-0.1, -0.05) is 13.8 Å². The molecule has 3 saturated carbocycles. The lowest BCUT2D eigenvalue weighted by Gasteiger charge is -2.58. The highest BCUT2D eigenvalue weighted by atomic mass is 16.5. The molecule has 1 saturated heterocycles. The average molecular weight is 178 g/mol. The Bertz CT molecular complexity index is 262. The molecule has 8 unspecified atom stereocenters. The van der Waals surface area contributed by atoms with Crippen molar-refractivity contribution in [1.29, 1.82) is 0 Å². The van der Waals surface area contributed by atoms with Crippen molar-refractivity contribution in [2.45, 2.75) is 26.4 Å². The highest BCUT2D eigenvalue weighted by Gasteiger charge is 2.69. The Morgan fingerprint density at radius 2 is 1.69 bits per heavy atom. The van der Waals surface area contributed by atoms with E-state index >= 15 is 0 Å². The monoisotopic (exact) mass is 178 g/mol. The molecule has 0 amide bonds. The molecule has 0 radical (unpaired) electrons. The van der Waals surface area contributed by atoms with Gasteiger partial charge in [-0.25, -0.2) is 0 Å². The van der Waals surface area contributed by atoms with E-state index in [9.17, 15) is 0 Å². The van der Waals surface area contributed by atoms with Gasteiger partial charge in [0.2, 0.25) is 0 Å². The number of ether oxygens (including phenoxy) is 1. The van der Waals surface area contributed by atoms with Crippen molar-refractivity contribution in [2.24, 2.45) is 41.4 Å². The van der Waals surface area contributed by atoms with Gasteiger partial charge in [0.25, 0.3) is 0 Å². The Labute approximate surface area is 79.8 Å². The maximum absolute atomic E-state index is 5.99. The van der Waals surface area contributed by atoms with Gasteiger partial charge in [0.15, 0.2) is 0 Å². The van der Waals surface area contributed by atoms with Gasteiger partial charge < -0.3 is 4.74 Å². The molecule has 13 heavy (non-hydrogen) atoms. The molecule has 72 valence electrons. The van der Waals surface area contributed by atoms with Gasteiger partial charge in [0.1, 0.15) is 0 Å². The van der Waals surface area contributed by atoms with E-state index in [1.165, 1.54) is 6.42 Å². The van der Waals surface area contributed by atoms with Gasteiger partial charge in [-0.3, -0.25) is 0 Å². The maximum atomic E-state index is 5.99. The van der Waals surface area contributed by atoms with E-state index in [-0.39, 0.29) is 0 Å². The van der Waals surface area contributed by atoms with Crippen molar-refractivity contribution < 1.29 is 4.74 Å². The first-order chi connectivity index (χ1) is 6.29. The van der Waals surface area contributed by atoms with Crippen LogP contribution in [-0.2, 0) is 4.74 Å². The summed E-state index contributed by atoms with van der Waals surface area (Å²) in [5, 5.41) is 0. The molecule has 0 aromatic carbocycles. The molecule has 8 atom stereocenters. The van der Waals surface area contributed by atoms with E-state index in [0.717, 1.165) is 48.0 Å². The quantitative estimate of drug-likeness (QED) is 0.552. The van der Waals surface area contributed by atoms with E-state index < -0.39 is 0 Å². The fourth-order valence-corrected chi connectivity index (χ4v) is 5.39. The van der Waals surface area contributed by atoms with Crippen LogP contribution < -0.4 is 0 Å². The van der Waals surface area contributed by atoms with E-state index in [1.54, 1.807) is 0 Å². The number of hydrogen-bond acceptors (Lipinski definition) is 1. The van der Waals surface area contributed by atoms with Gasteiger partial charge in [-0.15, -0.1) is 0 Å². The summed E-state index contributed by atoms with van der Waals surface area (Å²) in [6, 6.07) is 0. The van der Waals surface area contributed by atoms with Gasteiger partial charge >= 0.3 is 0 Å². The summed E-state index contributed by atoms with van der Waals surface area (Å²) in [6.45, 7) is 6.03. The van der Waals surface area contributed by atoms with E-state index in [2.05, 4.69) is 13.8 Å². The summed E-state index contributed by atoms with van der Waals surface area (Å²) in [5.74, 6) is 7.08. The van der Waals surface area contributed by atoms with Crippen molar-refractivity contribution >= 4 is 0 Å². The number of fused-ring (bicyclic) bond motifs is 2. The minimum atomic E-state index is 0.671. The number of hydrogen-bond donors (Lipinski definition) is 0. The largest absolute Gasteiger partial charge is 0.378 e. The van der Waals surface area contributed by atoms with Gasteiger partial charge in [0, 0.05) is 0 Å². The van der Waals surface area contributed by atoms with Crippen LogP contribution in [0.15, 0.2) is 0 Å². The summed E-state index contributed by atoms with van der Waals surface area (Å²) in [6.07, 6.45) is 2.06. The van der Waals surface area contributed by atoms with E-state index in [0.29, 0.717) is 6.10 Å². The molecule has 2 bridgehead atoms. The van der Waals surface area contributed by atoms with E-state index in [4.69, 9.17) is 4.74 Å². The average Bonchev–Trinajstić information content (AvgIpc) is 2.54. The molecule has 0 spiro atoms. The molecule has 3 aliphatic carbocycles. The zero-order valence-corrected chi connectivity index (χ0v) is 8.44. The molecular weight excluding hydrogens is 160 g/mol. The molecule has 1 heteroatoms. The Morgan fingerprint density at radius 1 is 0.923 bits per heavy atom. The molecule has 1 aliphatic heterocycles. The van der Waals surface area contributed by atoms with Crippen molar-refractivity contribution in [3.63, 3.8) is 0 Å². The predicted molar refractivity (Wildman–Crippen MR) is 50.1 cm³/mol. The topological polar surface area (TPSA) is 9.23 Å². The van der Waals surface area contributed by atoms with Crippen LogP contribution in [0.3, 0.4) is 0 Å². The third-order valence-electron chi connectivity index (χ3n) is 5.88. The summed E-state index contributed by atoms with van der Waals surface area (Å²) in [7, 11) is 0. The van der Waals surface area contributed by atoms with Gasteiger partial charge in [-0.2, -0.15) is 0 Å². The number of rotatable bonds is 0. The van der Waals surface area contributed by atoms with Crippen LogP contribution in [0.4, 0.5) is 0 Å². The minimum absolute atomic E-state index is 0.671. The molecule has 4 rings (SSSR count). The first kappa shape index (κ1) is 7.28. The second-order valence-corrected chi connectivity index (χ2v) is 5.89. The summed E-state index contributed by atoms with van der Waals surface area (Å²) in [5.41, 5.74) is 0. The third-order valence-corrected chi connectivity index (χ3v) is 5.88. The molecule has 0 aromatic rings. The lowest BCUT2D eigenvalue weighted by molar-refractivity contribution is -0.192. The van der Waals surface area contributed by atoms with E-state index in [1.807, 2.05) is 0 Å². The SMILES string of the molecule is CC1C2CC3OCC4C(C)C2C4C31. The molecule has 1 nitrogen and oxygen atoms in total. The second-order valence-electron chi connectivity index (χ2n) is 5.89. The third kappa shape index (κ3) is 0.587. The smallest absolute Gasteiger partial charge is 0.0611 e. The van der Waals surface area contributed by atoms with Crippen LogP contribution in [0, 0.1) is 41.4 Å². The first-order valence-corrected chi connectivity index (χ1v) is 5.90. The van der Waals surface area contributed by atoms with Crippen LogP contribution in [0.2, 0.25) is 0 Å². The molecule has 4 fully saturated rings. The van der Waals surface area contributed by atoms with Crippen LogP contribution in [0.25, 0.3) is 0 Å². The second kappa shape index (κ2) is 1.98. The lowest BCUT2D eigenvalue weighted by atomic mass is 9.51. The first-order valence-electron chi connectivity index (χ1n) is 5.90. The standard InChI is InChI=1S/C12H18O/c1-5-7-3-9-11(5)12-8(4-13-9)6(2)10(7)12/h5-12H,3-4H2,1-2H3. The predicted octanol–water partition coefficient (Wildman–Crippen LogP) is 2.17. The van der Waals surface area contributed by atoms with Crippen LogP contribution in [-0.4, -0.2) is 12.7 Å². The van der Waals surface area contributed by atoms with Crippen LogP contribution in [0.1, 0.15) is 20.3 Å². The zero-order chi connectivity index (χ0) is 8.74. The van der Waals surface area contributed by atoms with Crippen molar-refractivity contribution in [3.05, 3.63) is 0 Å². The molecule has 0 aromatic heterocycles. The maximum Gasteiger partial charge on any atom is 0.0611 e. The summed E-state index contributed by atoms with van der Waals surface area (Å²) in [4.78, 5) is 0. The Morgan fingerprint density at radius 3 is 2.54 bits per heavy atom. The van der Waals surface area contributed by atoms with Crippen LogP contribution >= 0.6 is 0 Å². The Balaban J connectivity index is 1.81. The minimum Gasteiger partial charge on any atom is -0.378 e. The fraction of sp³-hybridized carbons (Fsp3) is 1.00. The fourth-order valence-electron chi connectivity index (χ4n) is 5.39. The van der Waals surface area contributed by atoms with Crippen molar-refractivity contribution in [3.8, 4) is 0 Å².